The Morgan fingerprint density at radius 1 is 0.583 bits per heavy atom. The molecule has 1 aromatic rings. The summed E-state index contributed by atoms with van der Waals surface area (Å²) in [6.45, 7) is 20.3. The topological polar surface area (TPSA) is 42.3 Å². The van der Waals surface area contributed by atoms with Gasteiger partial charge in [0, 0.05) is 0 Å². The Balaban J connectivity index is -0.000000113. The van der Waals surface area contributed by atoms with E-state index in [1.165, 1.54) is 18.4 Å². The van der Waals surface area contributed by atoms with E-state index in [-0.39, 0.29) is 21.7 Å². The molecule has 4 heteroatoms. The molecule has 0 unspecified atom stereocenters. The Labute approximate surface area is 168 Å². The largest absolute Gasteiger partial charge is 4.00 e. The van der Waals surface area contributed by atoms with Crippen LogP contribution in [0, 0.1) is 0 Å². The first-order valence-electron chi connectivity index (χ1n) is 9.28. The zero-order valence-corrected chi connectivity index (χ0v) is 18.9. The molecule has 0 aliphatic heterocycles. The second-order valence-electron chi connectivity index (χ2n) is 4.61. The number of nitrogens with zero attached hydrogens (tertiary/aromatic N) is 3. The van der Waals surface area contributed by atoms with Crippen LogP contribution in [0.5, 0.6) is 0 Å². The summed E-state index contributed by atoms with van der Waals surface area (Å²) in [5.74, 6) is 0. The number of aryl methyl sites for hydroxylation is 1. The van der Waals surface area contributed by atoms with Crippen LogP contribution in [0.25, 0.3) is 16.0 Å². The van der Waals surface area contributed by atoms with E-state index in [1.807, 2.05) is 41.5 Å². The molecule has 0 heterocycles. The van der Waals surface area contributed by atoms with E-state index in [2.05, 4.69) is 47.1 Å². The summed E-state index contributed by atoms with van der Waals surface area (Å²) >= 11 is 0. The SMILES string of the molecule is CCC[c-]1cccc1.CC[N-]CC.CC[N-]CC.CC[N-]CC.[Ti+4]. The van der Waals surface area contributed by atoms with Crippen LogP contribution >= 0.6 is 0 Å². The second kappa shape index (κ2) is 34.3. The molecule has 0 amide bonds. The molecule has 140 valence electrons. The van der Waals surface area contributed by atoms with Crippen molar-refractivity contribution in [3.63, 3.8) is 0 Å². The fourth-order valence-electron chi connectivity index (χ4n) is 1.54. The van der Waals surface area contributed by atoms with Crippen molar-refractivity contribution in [3.8, 4) is 0 Å². The molecular weight excluding hydrogens is 330 g/mol. The molecule has 0 saturated heterocycles. The van der Waals surface area contributed by atoms with Crippen LogP contribution in [-0.4, -0.2) is 39.3 Å². The minimum atomic E-state index is 0. The average Bonchev–Trinajstić information content (AvgIpc) is 3.05. The van der Waals surface area contributed by atoms with Crippen molar-refractivity contribution in [2.45, 2.75) is 61.3 Å². The van der Waals surface area contributed by atoms with Gasteiger partial charge in [0.25, 0.3) is 0 Å². The summed E-state index contributed by atoms with van der Waals surface area (Å²) in [7, 11) is 0. The Morgan fingerprint density at radius 2 is 0.875 bits per heavy atom. The van der Waals surface area contributed by atoms with Gasteiger partial charge in [-0.3, -0.25) is 0 Å². The van der Waals surface area contributed by atoms with Crippen LogP contribution < -0.4 is 0 Å². The van der Waals surface area contributed by atoms with E-state index >= 15 is 0 Å². The summed E-state index contributed by atoms with van der Waals surface area (Å²) in [5.41, 5.74) is 1.47. The van der Waals surface area contributed by atoms with E-state index in [1.54, 1.807) is 0 Å². The van der Waals surface area contributed by atoms with Crippen LogP contribution in [0.4, 0.5) is 0 Å². The molecule has 0 aliphatic rings. The van der Waals surface area contributed by atoms with Crippen molar-refractivity contribution in [3.05, 3.63) is 45.8 Å². The van der Waals surface area contributed by atoms with Gasteiger partial charge >= 0.3 is 21.7 Å². The molecule has 0 aromatic heterocycles. The summed E-state index contributed by atoms with van der Waals surface area (Å²) in [6, 6.07) is 8.52. The zero-order chi connectivity index (χ0) is 18.2. The number of hydrogen-bond acceptors (Lipinski definition) is 0. The Morgan fingerprint density at radius 3 is 1.04 bits per heavy atom. The Hall–Kier alpha value is -0.0557. The Bertz CT molecular complexity index is 231. The molecule has 0 aliphatic carbocycles. The van der Waals surface area contributed by atoms with Gasteiger partial charge in [0.15, 0.2) is 0 Å². The fraction of sp³-hybridized carbons (Fsp3) is 0.750. The van der Waals surface area contributed by atoms with Crippen molar-refractivity contribution in [1.82, 2.24) is 0 Å². The summed E-state index contributed by atoms with van der Waals surface area (Å²) in [6.07, 6.45) is 2.48. The van der Waals surface area contributed by atoms with Gasteiger partial charge in [0.2, 0.25) is 0 Å². The smallest absolute Gasteiger partial charge is 0.663 e. The first kappa shape index (κ1) is 31.7. The first-order valence-corrected chi connectivity index (χ1v) is 9.28. The van der Waals surface area contributed by atoms with Crippen LogP contribution in [0.3, 0.4) is 0 Å². The maximum atomic E-state index is 3.97. The fourth-order valence-corrected chi connectivity index (χ4v) is 1.54. The molecular formula is C20H41N3Ti. The minimum absolute atomic E-state index is 0. The van der Waals surface area contributed by atoms with Crippen LogP contribution in [0.15, 0.2) is 24.3 Å². The third kappa shape index (κ3) is 37.9. The number of rotatable bonds is 8. The molecule has 0 fully saturated rings. The van der Waals surface area contributed by atoms with E-state index in [4.69, 9.17) is 0 Å². The van der Waals surface area contributed by atoms with E-state index < -0.39 is 0 Å². The van der Waals surface area contributed by atoms with Crippen molar-refractivity contribution in [2.24, 2.45) is 0 Å². The van der Waals surface area contributed by atoms with Gasteiger partial charge in [0.05, 0.1) is 0 Å². The van der Waals surface area contributed by atoms with Crippen molar-refractivity contribution >= 4 is 0 Å². The average molecular weight is 371 g/mol. The van der Waals surface area contributed by atoms with Crippen LogP contribution in [0.1, 0.15) is 60.5 Å². The zero-order valence-electron chi connectivity index (χ0n) is 17.3. The first-order chi connectivity index (χ1) is 11.2. The second-order valence-corrected chi connectivity index (χ2v) is 4.61. The molecule has 3 nitrogen and oxygen atoms in total. The van der Waals surface area contributed by atoms with Gasteiger partial charge in [-0.2, -0.15) is 57.0 Å². The predicted molar refractivity (Wildman–Crippen MR) is 109 cm³/mol. The predicted octanol–water partition coefficient (Wildman–Crippen LogP) is 6.56. The third-order valence-corrected chi connectivity index (χ3v) is 2.61. The molecule has 0 saturated carbocycles. The number of hydrogen-bond donors (Lipinski definition) is 0. The van der Waals surface area contributed by atoms with Crippen LogP contribution in [0.2, 0.25) is 0 Å². The molecule has 0 spiro atoms. The molecule has 0 atom stereocenters. The summed E-state index contributed by atoms with van der Waals surface area (Å²) in [5, 5.41) is 11.9. The standard InChI is InChI=1S/C8H11.3C4H10N.Ti/c1-2-5-8-6-3-4-7-8;3*1-3-5-4-2;/h3-4,6-7H,2,5H2,1H3;3*3-4H2,1-2H3;/q4*-1;+4. The van der Waals surface area contributed by atoms with E-state index in [0.29, 0.717) is 0 Å². The van der Waals surface area contributed by atoms with Gasteiger partial charge in [-0.15, -0.1) is 0 Å². The van der Waals surface area contributed by atoms with Gasteiger partial charge in [-0.05, 0) is 0 Å². The van der Waals surface area contributed by atoms with Crippen molar-refractivity contribution < 1.29 is 21.7 Å². The molecule has 1 rings (SSSR count). The molecule has 0 bridgehead atoms. The summed E-state index contributed by atoms with van der Waals surface area (Å²) < 4.78 is 0. The van der Waals surface area contributed by atoms with Gasteiger partial charge in [0.1, 0.15) is 0 Å². The summed E-state index contributed by atoms with van der Waals surface area (Å²) in [4.78, 5) is 0. The van der Waals surface area contributed by atoms with Gasteiger partial charge in [-0.1, -0.05) is 61.3 Å². The quantitative estimate of drug-likeness (QED) is 0.367. The maximum Gasteiger partial charge on any atom is 4.00 e. The maximum absolute atomic E-state index is 3.97. The van der Waals surface area contributed by atoms with Crippen molar-refractivity contribution in [1.29, 1.82) is 0 Å². The van der Waals surface area contributed by atoms with Gasteiger partial charge < -0.3 is 16.0 Å². The normalized spacial score (nSPS) is 8.46. The monoisotopic (exact) mass is 371 g/mol. The van der Waals surface area contributed by atoms with E-state index in [9.17, 15) is 0 Å². The van der Waals surface area contributed by atoms with Gasteiger partial charge in [-0.25, -0.2) is 12.1 Å². The molecule has 1 aromatic carbocycles. The molecule has 0 radical (unpaired) electrons. The van der Waals surface area contributed by atoms with Crippen molar-refractivity contribution in [2.75, 3.05) is 39.3 Å². The Kier molecular flexibility index (Phi) is 45.3. The minimum Gasteiger partial charge on any atom is -0.663 e. The molecule has 0 N–H and O–H groups in total. The molecule has 24 heavy (non-hydrogen) atoms. The van der Waals surface area contributed by atoms with Crippen LogP contribution in [-0.2, 0) is 28.1 Å². The van der Waals surface area contributed by atoms with E-state index in [0.717, 1.165) is 39.3 Å². The third-order valence-electron chi connectivity index (χ3n) is 2.61.